The molecule has 8 bridgehead atoms. The SMILES string of the molecule is CCCCCCCCCCCCSc1ccc2c(c1)-c1nc-2nc2[nH]c(nc3nc(nc4[nH]c(n1)c1ccc(SCCCCCCCCCCCC)cc41)-c1ccc(SCCCCCCCCCCCC)cc1-3)c1ccc(SCCCCCCCCCCCC)cc21. The second kappa shape index (κ2) is 41.6. The molecule has 0 unspecified atom stereocenters. The van der Waals surface area contributed by atoms with E-state index in [9.17, 15) is 0 Å². The van der Waals surface area contributed by atoms with Gasteiger partial charge in [-0.1, -0.05) is 259 Å². The molecule has 2 aliphatic rings. The Morgan fingerprint density at radius 1 is 0.228 bits per heavy atom. The van der Waals surface area contributed by atoms with Crippen LogP contribution in [0.3, 0.4) is 0 Å². The van der Waals surface area contributed by atoms with E-state index in [2.05, 4.69) is 110 Å². The fourth-order valence-electron chi connectivity index (χ4n) is 13.2. The van der Waals surface area contributed by atoms with Gasteiger partial charge in [-0.15, -0.1) is 47.0 Å². The summed E-state index contributed by atoms with van der Waals surface area (Å²) < 4.78 is 0. The highest BCUT2D eigenvalue weighted by Gasteiger charge is 2.24. The van der Waals surface area contributed by atoms with Gasteiger partial charge in [0.2, 0.25) is 0 Å². The summed E-state index contributed by atoms with van der Waals surface area (Å²) in [5, 5.41) is 4.11. The van der Waals surface area contributed by atoms with E-state index in [1.54, 1.807) is 0 Å². The van der Waals surface area contributed by atoms with E-state index in [-0.39, 0.29) is 0 Å². The molecule has 5 heterocycles. The maximum absolute atomic E-state index is 5.53. The molecule has 0 saturated heterocycles. The van der Waals surface area contributed by atoms with Gasteiger partial charge >= 0.3 is 0 Å². The number of fused-ring (bicyclic) bond motifs is 20. The first-order valence-electron chi connectivity index (χ1n) is 37.4. The van der Waals surface area contributed by atoms with Crippen LogP contribution in [0.15, 0.2) is 92.4 Å². The van der Waals surface area contributed by atoms with Crippen LogP contribution in [0, 0.1) is 0 Å². The van der Waals surface area contributed by atoms with Crippen LogP contribution >= 0.6 is 47.0 Å². The number of aromatic nitrogens is 8. The van der Waals surface area contributed by atoms with Crippen LogP contribution in [-0.2, 0) is 0 Å². The van der Waals surface area contributed by atoms with Gasteiger partial charge < -0.3 is 9.97 Å². The van der Waals surface area contributed by atoms with Crippen LogP contribution < -0.4 is 0 Å². The molecule has 0 aliphatic carbocycles. The molecule has 2 N–H and O–H groups in total. The summed E-state index contributed by atoms with van der Waals surface area (Å²) in [5.41, 5.74) is 6.99. The van der Waals surface area contributed by atoms with E-state index in [4.69, 9.17) is 29.9 Å². The minimum atomic E-state index is 0.657. The summed E-state index contributed by atoms with van der Waals surface area (Å²) in [4.78, 5) is 45.5. The first-order valence-corrected chi connectivity index (χ1v) is 41.4. The number of thioether (sulfide) groups is 4. The first kappa shape index (κ1) is 71.9. The Morgan fingerprint density at radius 2 is 0.457 bits per heavy atom. The molecular weight excluding hydrogens is 1200 g/mol. The second-order valence-electron chi connectivity index (χ2n) is 26.6. The van der Waals surface area contributed by atoms with Gasteiger partial charge in [0.05, 0.1) is 0 Å². The molecule has 4 aromatic carbocycles. The second-order valence-corrected chi connectivity index (χ2v) is 31.2. The van der Waals surface area contributed by atoms with Gasteiger partial charge in [-0.05, 0) is 121 Å². The molecule has 0 radical (unpaired) electrons. The highest BCUT2D eigenvalue weighted by Crippen LogP contribution is 2.41. The van der Waals surface area contributed by atoms with Crippen LogP contribution in [0.4, 0.5) is 0 Å². The lowest BCUT2D eigenvalue weighted by Crippen LogP contribution is -1.86. The predicted molar refractivity (Wildman–Crippen MR) is 406 cm³/mol. The highest BCUT2D eigenvalue weighted by molar-refractivity contribution is 8.00. The molecule has 0 spiro atoms. The van der Waals surface area contributed by atoms with Crippen LogP contribution in [-0.4, -0.2) is 62.9 Å². The Kier molecular flexibility index (Phi) is 32.5. The smallest absolute Gasteiger partial charge is 0.164 e. The number of nitrogens with zero attached hydrogens (tertiary/aromatic N) is 6. The van der Waals surface area contributed by atoms with Crippen LogP contribution in [0.1, 0.15) is 285 Å². The summed E-state index contributed by atoms with van der Waals surface area (Å²) in [5.74, 6) is 7.02. The van der Waals surface area contributed by atoms with Crippen molar-refractivity contribution in [3.05, 3.63) is 72.8 Å². The van der Waals surface area contributed by atoms with Crippen LogP contribution in [0.25, 0.3) is 89.7 Å². The molecule has 0 fully saturated rings. The van der Waals surface area contributed by atoms with E-state index >= 15 is 0 Å². The molecular formula is C80H114N8S4. The predicted octanol–water partition coefficient (Wildman–Crippen LogP) is 26.9. The molecule has 498 valence electrons. The topological polar surface area (TPSA) is 109 Å². The molecule has 7 aromatic rings. The molecule has 92 heavy (non-hydrogen) atoms. The molecule has 0 saturated carbocycles. The summed E-state index contributed by atoms with van der Waals surface area (Å²) in [6.45, 7) is 9.21. The minimum Gasteiger partial charge on any atom is -0.324 e. The van der Waals surface area contributed by atoms with Crippen LogP contribution in [0.5, 0.6) is 0 Å². The number of hydrogen-bond acceptors (Lipinski definition) is 10. The fraction of sp³-hybridized carbons (Fsp3) is 0.600. The van der Waals surface area contributed by atoms with Crippen molar-refractivity contribution in [3.8, 4) is 45.6 Å². The quantitative estimate of drug-likeness (QED) is 0.0283. The van der Waals surface area contributed by atoms with Crippen molar-refractivity contribution in [1.29, 1.82) is 0 Å². The maximum Gasteiger partial charge on any atom is 0.164 e. The lowest BCUT2D eigenvalue weighted by molar-refractivity contribution is 0.563. The van der Waals surface area contributed by atoms with E-state index < -0.39 is 0 Å². The van der Waals surface area contributed by atoms with Crippen LogP contribution in [0.2, 0.25) is 0 Å². The average Bonchev–Trinajstić information content (AvgIpc) is 1.61. The van der Waals surface area contributed by atoms with Gasteiger partial charge in [-0.3, -0.25) is 0 Å². The number of hydrogen-bond donors (Lipinski definition) is 2. The fourth-order valence-corrected chi connectivity index (χ4v) is 17.0. The summed E-state index contributed by atoms with van der Waals surface area (Å²) in [6, 6.07) is 27.4. The third kappa shape index (κ3) is 22.9. The van der Waals surface area contributed by atoms with E-state index in [1.165, 1.54) is 276 Å². The third-order valence-corrected chi connectivity index (χ3v) is 23.1. The zero-order chi connectivity index (χ0) is 63.6. The Bertz CT molecular complexity index is 3230. The van der Waals surface area contributed by atoms with Crippen molar-refractivity contribution in [2.75, 3.05) is 23.0 Å². The first-order chi connectivity index (χ1) is 45.5. The number of benzene rings is 4. The lowest BCUT2D eigenvalue weighted by Gasteiger charge is -2.05. The average molecular weight is 1320 g/mol. The van der Waals surface area contributed by atoms with Crippen molar-refractivity contribution >= 4 is 91.2 Å². The monoisotopic (exact) mass is 1310 g/mol. The summed E-state index contributed by atoms with van der Waals surface area (Å²) >= 11 is 7.82. The summed E-state index contributed by atoms with van der Waals surface area (Å²) in [7, 11) is 0. The molecule has 3 aromatic heterocycles. The van der Waals surface area contributed by atoms with Gasteiger partial charge in [-0.25, -0.2) is 29.9 Å². The van der Waals surface area contributed by atoms with Crippen molar-refractivity contribution < 1.29 is 0 Å². The van der Waals surface area contributed by atoms with E-state index in [0.717, 1.165) is 89.4 Å². The van der Waals surface area contributed by atoms with Gasteiger partial charge in [0, 0.05) is 63.4 Å². The van der Waals surface area contributed by atoms with Gasteiger partial charge in [-0.2, -0.15) is 0 Å². The lowest BCUT2D eigenvalue weighted by atomic mass is 10.1. The maximum atomic E-state index is 5.53. The van der Waals surface area contributed by atoms with Gasteiger partial charge in [0.15, 0.2) is 23.3 Å². The zero-order valence-electron chi connectivity index (χ0n) is 57.4. The Labute approximate surface area is 572 Å². The minimum absolute atomic E-state index is 0.657. The number of H-pyrrole nitrogens is 2. The van der Waals surface area contributed by atoms with Gasteiger partial charge in [0.1, 0.15) is 22.6 Å². The number of nitrogens with one attached hydrogen (secondary N) is 2. The van der Waals surface area contributed by atoms with Crippen molar-refractivity contribution in [2.24, 2.45) is 0 Å². The standard InChI is InChI=1S/C80H114N8S4/c1-5-9-13-17-21-25-29-33-37-41-53-89-61-45-49-65-69(57-61)77-81-73(65)86-78-71-59-63(91-55-43-39-35-31-27-23-19-15-11-7-3)47-51-67(71)75(83-78)88-80-72-60-64(92-56-44-40-36-32-28-24-20-16-12-8-4)48-52-68(72)76(84-80)87-79-70-58-62(46-50-66(70)74(82-79)85-77)90-54-42-38-34-30-26-22-18-14-10-6-2/h45-52,57-60H,5-44,53-56H2,1-4H3,(H2,81,82,83,84,85,86,87,88). The number of unbranched alkanes of at least 4 members (excludes halogenated alkanes) is 36. The van der Waals surface area contributed by atoms with Gasteiger partial charge in [0.25, 0.3) is 0 Å². The van der Waals surface area contributed by atoms with Crippen molar-refractivity contribution in [1.82, 2.24) is 39.9 Å². The molecule has 2 aliphatic heterocycles. The Hall–Kier alpha value is -4.36. The molecule has 8 nitrogen and oxygen atoms in total. The van der Waals surface area contributed by atoms with Crippen molar-refractivity contribution in [2.45, 2.75) is 304 Å². The molecule has 0 amide bonds. The van der Waals surface area contributed by atoms with E-state index in [0.29, 0.717) is 23.3 Å². The third-order valence-electron chi connectivity index (χ3n) is 18.8. The highest BCUT2D eigenvalue weighted by atomic mass is 32.2. The number of aromatic amines is 2. The molecule has 0 atom stereocenters. The summed E-state index contributed by atoms with van der Waals surface area (Å²) in [6.07, 6.45) is 53.7. The zero-order valence-corrected chi connectivity index (χ0v) is 60.6. The normalized spacial score (nSPS) is 12.0. The van der Waals surface area contributed by atoms with E-state index in [1.807, 2.05) is 47.0 Å². The Morgan fingerprint density at radius 3 is 0.739 bits per heavy atom. The Balaban J connectivity index is 1.04. The number of rotatable bonds is 48. The molecule has 9 rings (SSSR count). The molecule has 12 heteroatoms. The van der Waals surface area contributed by atoms with Crippen molar-refractivity contribution in [3.63, 3.8) is 0 Å². The largest absolute Gasteiger partial charge is 0.324 e.